The molecule has 1 aliphatic rings. The Kier molecular flexibility index (Phi) is 4.41. The number of nitrogens with two attached hydrogens (primary N) is 1. The number of amides is 2. The summed E-state index contributed by atoms with van der Waals surface area (Å²) in [6, 6.07) is 8.86. The van der Waals surface area contributed by atoms with Crippen LogP contribution in [-0.4, -0.2) is 29.4 Å². The third-order valence-electron chi connectivity index (χ3n) is 3.95. The van der Waals surface area contributed by atoms with Gasteiger partial charge in [-0.2, -0.15) is 0 Å². The smallest absolute Gasteiger partial charge is 0.250 e. The van der Waals surface area contributed by atoms with Crippen molar-refractivity contribution in [1.29, 1.82) is 0 Å². The Hall–Kier alpha value is -2.96. The van der Waals surface area contributed by atoms with Gasteiger partial charge in [0.2, 0.25) is 11.8 Å². The van der Waals surface area contributed by atoms with E-state index in [9.17, 15) is 14.0 Å². The molecule has 1 aromatic heterocycles. The topological polar surface area (TPSA) is 88.3 Å². The minimum Gasteiger partial charge on any atom is -0.366 e. The van der Waals surface area contributed by atoms with Crippen molar-refractivity contribution in [2.75, 3.05) is 16.8 Å². The molecule has 7 heteroatoms. The number of piperidine rings is 1. The predicted octanol–water partition coefficient (Wildman–Crippen LogP) is 1.93. The number of para-hydroxylation sites is 1. The molecule has 0 aliphatic carbocycles. The molecule has 3 rings (SSSR count). The van der Waals surface area contributed by atoms with Crippen LogP contribution < -0.4 is 16.0 Å². The third kappa shape index (κ3) is 3.19. The van der Waals surface area contributed by atoms with Gasteiger partial charge >= 0.3 is 0 Å². The highest BCUT2D eigenvalue weighted by molar-refractivity contribution is 5.99. The average Bonchev–Trinajstić information content (AvgIpc) is 2.58. The van der Waals surface area contributed by atoms with E-state index in [1.807, 2.05) is 0 Å². The second kappa shape index (κ2) is 6.66. The minimum atomic E-state index is -0.562. The Morgan fingerprint density at radius 1 is 1.29 bits per heavy atom. The van der Waals surface area contributed by atoms with Crippen LogP contribution in [-0.2, 0) is 4.79 Å². The van der Waals surface area contributed by atoms with Crippen molar-refractivity contribution in [3.05, 3.63) is 54.0 Å². The monoisotopic (exact) mass is 328 g/mol. The van der Waals surface area contributed by atoms with E-state index in [4.69, 9.17) is 5.73 Å². The summed E-state index contributed by atoms with van der Waals surface area (Å²) in [6.45, 7) is 0.478. The molecule has 0 spiro atoms. The second-order valence-electron chi connectivity index (χ2n) is 5.58. The first-order chi connectivity index (χ1) is 11.6. The largest absolute Gasteiger partial charge is 0.366 e. The van der Waals surface area contributed by atoms with Gasteiger partial charge in [-0.05, 0) is 37.1 Å². The maximum atomic E-state index is 14.0. The first kappa shape index (κ1) is 15.9. The molecule has 24 heavy (non-hydrogen) atoms. The zero-order chi connectivity index (χ0) is 17.1. The molecule has 6 nitrogen and oxygen atoms in total. The molecule has 1 aliphatic heterocycles. The van der Waals surface area contributed by atoms with Gasteiger partial charge in [-0.1, -0.05) is 12.1 Å². The number of carbonyl (C=O) groups is 2. The number of nitrogens with one attached hydrogen (secondary N) is 1. The van der Waals surface area contributed by atoms with Crippen molar-refractivity contribution in [2.24, 2.45) is 5.73 Å². The van der Waals surface area contributed by atoms with Gasteiger partial charge in [-0.25, -0.2) is 9.37 Å². The average molecular weight is 328 g/mol. The fraction of sp³-hybridized carbons (Fsp3) is 0.235. The van der Waals surface area contributed by atoms with Gasteiger partial charge in [0.25, 0.3) is 0 Å². The Bertz CT molecular complexity index is 763. The van der Waals surface area contributed by atoms with Gasteiger partial charge in [0.05, 0.1) is 11.3 Å². The summed E-state index contributed by atoms with van der Waals surface area (Å²) in [5.74, 6) is -0.718. The van der Waals surface area contributed by atoms with Gasteiger partial charge in [-0.3, -0.25) is 9.59 Å². The number of carbonyl (C=O) groups excluding carboxylic acids is 2. The number of nitrogens with zero attached hydrogens (tertiary/aromatic N) is 2. The number of primary amides is 1. The fourth-order valence-electron chi connectivity index (χ4n) is 2.72. The minimum absolute atomic E-state index is 0.202. The van der Waals surface area contributed by atoms with Gasteiger partial charge in [0.15, 0.2) is 0 Å². The van der Waals surface area contributed by atoms with E-state index in [0.717, 1.165) is 6.42 Å². The quantitative estimate of drug-likeness (QED) is 0.897. The Labute approximate surface area is 138 Å². The van der Waals surface area contributed by atoms with E-state index in [1.165, 1.54) is 17.2 Å². The van der Waals surface area contributed by atoms with Crippen LogP contribution in [0.4, 0.5) is 15.9 Å². The highest BCUT2D eigenvalue weighted by atomic mass is 19.1. The molecule has 2 aromatic rings. The molecule has 0 bridgehead atoms. The maximum Gasteiger partial charge on any atom is 0.250 e. The molecular formula is C17H17FN4O2. The van der Waals surface area contributed by atoms with Crippen LogP contribution in [0.2, 0.25) is 0 Å². The summed E-state index contributed by atoms with van der Waals surface area (Å²) in [5.41, 5.74) is 5.75. The number of halogens is 1. The molecule has 3 N–H and O–H groups in total. The lowest BCUT2D eigenvalue weighted by atomic mass is 10.0. The van der Waals surface area contributed by atoms with E-state index in [1.54, 1.807) is 30.3 Å². The van der Waals surface area contributed by atoms with Crippen LogP contribution in [0.5, 0.6) is 0 Å². The molecule has 124 valence electrons. The van der Waals surface area contributed by atoms with Crippen molar-refractivity contribution in [1.82, 2.24) is 4.98 Å². The van der Waals surface area contributed by atoms with Crippen LogP contribution in [0.3, 0.4) is 0 Å². The summed E-state index contributed by atoms with van der Waals surface area (Å²) in [5, 5.41) is 3.04. The SMILES string of the molecule is NC(=O)c1ccc(NC2CCCN(c3ccccc3F)C2=O)nc1. The fourth-order valence-corrected chi connectivity index (χ4v) is 2.72. The predicted molar refractivity (Wildman–Crippen MR) is 88.2 cm³/mol. The molecule has 1 saturated heterocycles. The van der Waals surface area contributed by atoms with Crippen molar-refractivity contribution in [3.63, 3.8) is 0 Å². The zero-order valence-electron chi connectivity index (χ0n) is 12.9. The highest BCUT2D eigenvalue weighted by Crippen LogP contribution is 2.25. The van der Waals surface area contributed by atoms with Crippen molar-refractivity contribution in [2.45, 2.75) is 18.9 Å². The summed E-state index contributed by atoms with van der Waals surface area (Å²) < 4.78 is 14.0. The van der Waals surface area contributed by atoms with Crippen LogP contribution >= 0.6 is 0 Å². The standard InChI is InChI=1S/C17H17FN4O2/c18-12-4-1-2-6-14(12)22-9-3-5-13(17(22)24)21-15-8-7-11(10-20-15)16(19)23/h1-2,4,6-8,10,13H,3,5,9H2,(H2,19,23)(H,20,21). The Morgan fingerprint density at radius 2 is 2.08 bits per heavy atom. The van der Waals surface area contributed by atoms with Gasteiger partial charge in [0, 0.05) is 12.7 Å². The number of hydrogen-bond donors (Lipinski definition) is 2. The molecule has 2 amide bonds. The summed E-state index contributed by atoms with van der Waals surface area (Å²) in [7, 11) is 0. The van der Waals surface area contributed by atoms with Gasteiger partial charge in [0.1, 0.15) is 17.7 Å². The molecule has 1 fully saturated rings. The van der Waals surface area contributed by atoms with E-state index in [-0.39, 0.29) is 11.6 Å². The van der Waals surface area contributed by atoms with E-state index in [0.29, 0.717) is 24.3 Å². The number of hydrogen-bond acceptors (Lipinski definition) is 4. The Balaban J connectivity index is 1.75. The Morgan fingerprint density at radius 3 is 2.75 bits per heavy atom. The third-order valence-corrected chi connectivity index (χ3v) is 3.95. The number of aromatic nitrogens is 1. The first-order valence-corrected chi connectivity index (χ1v) is 7.64. The van der Waals surface area contributed by atoms with Crippen LogP contribution in [0.25, 0.3) is 0 Å². The summed E-state index contributed by atoms with van der Waals surface area (Å²) in [6.07, 6.45) is 2.73. The van der Waals surface area contributed by atoms with Crippen LogP contribution in [0.15, 0.2) is 42.6 Å². The van der Waals surface area contributed by atoms with E-state index < -0.39 is 17.8 Å². The van der Waals surface area contributed by atoms with Gasteiger partial charge in [-0.15, -0.1) is 0 Å². The van der Waals surface area contributed by atoms with Crippen LogP contribution in [0, 0.1) is 5.82 Å². The highest BCUT2D eigenvalue weighted by Gasteiger charge is 2.31. The van der Waals surface area contributed by atoms with Crippen molar-refractivity contribution in [3.8, 4) is 0 Å². The molecular weight excluding hydrogens is 311 g/mol. The zero-order valence-corrected chi connectivity index (χ0v) is 12.9. The normalized spacial score (nSPS) is 17.6. The van der Waals surface area contributed by atoms with Gasteiger partial charge < -0.3 is 16.0 Å². The number of pyridine rings is 1. The maximum absolute atomic E-state index is 14.0. The first-order valence-electron chi connectivity index (χ1n) is 7.64. The molecule has 0 radical (unpaired) electrons. The molecule has 2 heterocycles. The summed E-state index contributed by atoms with van der Waals surface area (Å²) >= 11 is 0. The summed E-state index contributed by atoms with van der Waals surface area (Å²) in [4.78, 5) is 29.2. The molecule has 1 unspecified atom stereocenters. The van der Waals surface area contributed by atoms with E-state index >= 15 is 0 Å². The number of benzene rings is 1. The molecule has 1 aromatic carbocycles. The van der Waals surface area contributed by atoms with Crippen LogP contribution in [0.1, 0.15) is 23.2 Å². The van der Waals surface area contributed by atoms with E-state index in [2.05, 4.69) is 10.3 Å². The van der Waals surface area contributed by atoms with Crippen molar-refractivity contribution >= 4 is 23.3 Å². The molecule has 0 saturated carbocycles. The van der Waals surface area contributed by atoms with Crippen molar-refractivity contribution < 1.29 is 14.0 Å². The lowest BCUT2D eigenvalue weighted by molar-refractivity contribution is -0.120. The number of rotatable bonds is 4. The lowest BCUT2D eigenvalue weighted by Crippen LogP contribution is -2.48. The lowest BCUT2D eigenvalue weighted by Gasteiger charge is -2.33. The number of anilines is 2. The second-order valence-corrected chi connectivity index (χ2v) is 5.58. The molecule has 1 atom stereocenters.